The van der Waals surface area contributed by atoms with Gasteiger partial charge in [0.05, 0.1) is 0 Å². The number of ketones is 2. The summed E-state index contributed by atoms with van der Waals surface area (Å²) in [6.07, 6.45) is 1.02. The highest BCUT2D eigenvalue weighted by Gasteiger charge is 2.18. The molecule has 2 aromatic carbocycles. The van der Waals surface area contributed by atoms with Gasteiger partial charge in [-0.25, -0.2) is 0 Å². The van der Waals surface area contributed by atoms with Crippen LogP contribution in [0.2, 0.25) is 10.0 Å². The molecule has 7 heteroatoms. The Kier molecular flexibility index (Phi) is 9.60. The Morgan fingerprint density at radius 3 is 1.28 bits per heavy atom. The lowest BCUT2D eigenvalue weighted by Gasteiger charge is -2.34. The minimum Gasteiger partial charge on any atom is -0.300 e. The van der Waals surface area contributed by atoms with Crippen LogP contribution in [0.4, 0.5) is 0 Å². The van der Waals surface area contributed by atoms with Crippen molar-refractivity contribution in [2.24, 2.45) is 0 Å². The predicted molar refractivity (Wildman–Crippen MR) is 121 cm³/mol. The number of rotatable bonds is 8. The van der Waals surface area contributed by atoms with E-state index in [1.165, 1.54) is 0 Å². The Hall–Kier alpha value is -1.43. The molecule has 1 aliphatic heterocycles. The minimum atomic E-state index is 0. The van der Waals surface area contributed by atoms with Crippen molar-refractivity contribution in [3.8, 4) is 0 Å². The fourth-order valence-corrected chi connectivity index (χ4v) is 3.57. The Morgan fingerprint density at radius 1 is 0.655 bits per heavy atom. The highest BCUT2D eigenvalue weighted by atomic mass is 35.5. The smallest absolute Gasteiger partial charge is 0.164 e. The van der Waals surface area contributed by atoms with Gasteiger partial charge in [-0.15, -0.1) is 12.4 Å². The summed E-state index contributed by atoms with van der Waals surface area (Å²) in [4.78, 5) is 29.2. The summed E-state index contributed by atoms with van der Waals surface area (Å²) in [6.45, 7) is 5.20. The molecule has 0 aliphatic carbocycles. The van der Waals surface area contributed by atoms with Gasteiger partial charge < -0.3 is 9.80 Å². The zero-order valence-electron chi connectivity index (χ0n) is 16.2. The number of Topliss-reactive ketones (excluding diaryl/α,β-unsaturated/α-hetero) is 2. The van der Waals surface area contributed by atoms with E-state index in [9.17, 15) is 9.59 Å². The van der Waals surface area contributed by atoms with E-state index in [0.29, 0.717) is 34.0 Å². The average molecular weight is 456 g/mol. The van der Waals surface area contributed by atoms with Crippen LogP contribution in [0.3, 0.4) is 0 Å². The monoisotopic (exact) mass is 454 g/mol. The quantitative estimate of drug-likeness (QED) is 0.532. The summed E-state index contributed by atoms with van der Waals surface area (Å²) < 4.78 is 0. The van der Waals surface area contributed by atoms with Gasteiger partial charge in [0, 0.05) is 73.3 Å². The fraction of sp³-hybridized carbons (Fsp3) is 0.364. The van der Waals surface area contributed by atoms with Gasteiger partial charge in [-0.2, -0.15) is 0 Å². The molecule has 1 heterocycles. The van der Waals surface area contributed by atoms with E-state index < -0.39 is 0 Å². The normalized spacial score (nSPS) is 15.0. The first kappa shape index (κ1) is 23.8. The molecule has 156 valence electrons. The lowest BCUT2D eigenvalue weighted by molar-refractivity contribution is 0.0885. The van der Waals surface area contributed by atoms with Gasteiger partial charge in [0.25, 0.3) is 0 Å². The van der Waals surface area contributed by atoms with Crippen molar-refractivity contribution in [2.75, 3.05) is 39.3 Å². The number of halogens is 3. The number of nitrogens with zero attached hydrogens (tertiary/aromatic N) is 2. The van der Waals surface area contributed by atoms with Gasteiger partial charge in [-0.1, -0.05) is 23.2 Å². The van der Waals surface area contributed by atoms with Gasteiger partial charge in [0.15, 0.2) is 11.6 Å². The molecule has 0 unspecified atom stereocenters. The van der Waals surface area contributed by atoms with Crippen molar-refractivity contribution in [3.63, 3.8) is 0 Å². The topological polar surface area (TPSA) is 40.6 Å². The molecule has 0 atom stereocenters. The Bertz CT molecular complexity index is 732. The van der Waals surface area contributed by atoms with Crippen LogP contribution in [-0.4, -0.2) is 60.6 Å². The Balaban J connectivity index is 0.00000300. The van der Waals surface area contributed by atoms with Crippen LogP contribution in [0.5, 0.6) is 0 Å². The van der Waals surface area contributed by atoms with Crippen LogP contribution in [-0.2, 0) is 0 Å². The molecule has 0 amide bonds. The molecule has 4 nitrogen and oxygen atoms in total. The van der Waals surface area contributed by atoms with E-state index in [-0.39, 0.29) is 24.0 Å². The van der Waals surface area contributed by atoms with E-state index in [0.717, 1.165) is 39.3 Å². The first-order valence-corrected chi connectivity index (χ1v) is 10.3. The summed E-state index contributed by atoms with van der Waals surface area (Å²) >= 11 is 11.7. The lowest BCUT2D eigenvalue weighted by Crippen LogP contribution is -2.47. The van der Waals surface area contributed by atoms with Crippen LogP contribution >= 0.6 is 35.6 Å². The lowest BCUT2D eigenvalue weighted by atomic mass is 10.1. The summed E-state index contributed by atoms with van der Waals surface area (Å²) in [5, 5.41) is 1.28. The Morgan fingerprint density at radius 2 is 0.966 bits per heavy atom. The van der Waals surface area contributed by atoms with Crippen LogP contribution in [0.1, 0.15) is 33.6 Å². The fourth-order valence-electron chi connectivity index (χ4n) is 3.32. The molecule has 0 saturated carbocycles. The number of hydrogen-bond donors (Lipinski definition) is 0. The second-order valence-corrected chi connectivity index (χ2v) is 7.92. The van der Waals surface area contributed by atoms with Crippen molar-refractivity contribution in [2.45, 2.75) is 12.8 Å². The largest absolute Gasteiger partial charge is 0.300 e. The van der Waals surface area contributed by atoms with E-state index in [2.05, 4.69) is 9.80 Å². The highest BCUT2D eigenvalue weighted by Crippen LogP contribution is 2.13. The number of carbonyl (C=O) groups excluding carboxylic acids is 2. The SMILES string of the molecule is Cl.O=C(CCN1CCN(CCC(=O)c2ccc(Cl)cc2)CC1)c1ccc(Cl)cc1. The first-order chi connectivity index (χ1) is 13.5. The molecular formula is C22H25Cl3N2O2. The summed E-state index contributed by atoms with van der Waals surface area (Å²) in [7, 11) is 0. The number of carbonyl (C=O) groups is 2. The van der Waals surface area contributed by atoms with E-state index in [1.807, 2.05) is 0 Å². The van der Waals surface area contributed by atoms with Crippen LogP contribution in [0.15, 0.2) is 48.5 Å². The molecule has 0 aromatic heterocycles. The predicted octanol–water partition coefficient (Wildman–Crippen LogP) is 4.88. The third-order valence-corrected chi connectivity index (χ3v) is 5.61. The number of benzene rings is 2. The summed E-state index contributed by atoms with van der Waals surface area (Å²) in [6, 6.07) is 14.1. The molecule has 1 aliphatic rings. The molecule has 0 N–H and O–H groups in total. The first-order valence-electron chi connectivity index (χ1n) is 9.53. The van der Waals surface area contributed by atoms with E-state index in [1.54, 1.807) is 48.5 Å². The van der Waals surface area contributed by atoms with Crippen molar-refractivity contribution in [3.05, 3.63) is 69.7 Å². The maximum Gasteiger partial charge on any atom is 0.164 e. The molecule has 2 aromatic rings. The third kappa shape index (κ3) is 7.40. The van der Waals surface area contributed by atoms with Gasteiger partial charge in [0.1, 0.15) is 0 Å². The molecule has 1 fully saturated rings. The van der Waals surface area contributed by atoms with Crippen molar-refractivity contribution in [1.82, 2.24) is 9.80 Å². The molecule has 0 radical (unpaired) electrons. The number of piperazine rings is 1. The maximum absolute atomic E-state index is 12.3. The van der Waals surface area contributed by atoms with Gasteiger partial charge >= 0.3 is 0 Å². The maximum atomic E-state index is 12.3. The highest BCUT2D eigenvalue weighted by molar-refractivity contribution is 6.31. The average Bonchev–Trinajstić information content (AvgIpc) is 2.72. The van der Waals surface area contributed by atoms with Gasteiger partial charge in [-0.3, -0.25) is 9.59 Å². The second-order valence-electron chi connectivity index (χ2n) is 7.04. The minimum absolute atomic E-state index is 0. The molecule has 1 saturated heterocycles. The van der Waals surface area contributed by atoms with Crippen molar-refractivity contribution in [1.29, 1.82) is 0 Å². The van der Waals surface area contributed by atoms with Crippen LogP contribution in [0.25, 0.3) is 0 Å². The van der Waals surface area contributed by atoms with Crippen LogP contribution in [0, 0.1) is 0 Å². The standard InChI is InChI=1S/C22H24Cl2N2O2.ClH/c23-19-5-1-17(2-6-19)21(27)9-11-25-13-15-26(16-14-25)12-10-22(28)18-3-7-20(24)8-4-18;/h1-8H,9-16H2;1H. The molecule has 3 rings (SSSR count). The van der Waals surface area contributed by atoms with Crippen molar-refractivity contribution >= 4 is 47.2 Å². The summed E-state index contributed by atoms with van der Waals surface area (Å²) in [5.74, 6) is 0.292. The van der Waals surface area contributed by atoms with Crippen molar-refractivity contribution < 1.29 is 9.59 Å². The molecule has 0 spiro atoms. The number of hydrogen-bond acceptors (Lipinski definition) is 4. The molecular weight excluding hydrogens is 431 g/mol. The van der Waals surface area contributed by atoms with Crippen LogP contribution < -0.4 is 0 Å². The van der Waals surface area contributed by atoms with Gasteiger partial charge in [0.2, 0.25) is 0 Å². The van der Waals surface area contributed by atoms with E-state index >= 15 is 0 Å². The molecule has 0 bridgehead atoms. The summed E-state index contributed by atoms with van der Waals surface area (Å²) in [5.41, 5.74) is 1.42. The Labute approximate surface area is 188 Å². The van der Waals surface area contributed by atoms with E-state index in [4.69, 9.17) is 23.2 Å². The molecule has 29 heavy (non-hydrogen) atoms. The second kappa shape index (κ2) is 11.7. The third-order valence-electron chi connectivity index (χ3n) is 5.11. The zero-order valence-corrected chi connectivity index (χ0v) is 18.5. The zero-order chi connectivity index (χ0) is 19.9. The van der Waals surface area contributed by atoms with Gasteiger partial charge in [-0.05, 0) is 48.5 Å².